The number of esters is 2. The number of carboxylic acids is 1. The highest BCUT2D eigenvalue weighted by atomic mass is 16.5. The van der Waals surface area contributed by atoms with Gasteiger partial charge in [-0.3, -0.25) is 0 Å². The van der Waals surface area contributed by atoms with Gasteiger partial charge in [0.15, 0.2) is 0 Å². The Morgan fingerprint density at radius 2 is 1.00 bits per heavy atom. The third-order valence-electron chi connectivity index (χ3n) is 7.34. The molecule has 0 radical (unpaired) electrons. The largest absolute Gasteiger partial charge is 0.494 e. The van der Waals surface area contributed by atoms with E-state index < -0.39 is 11.9 Å². The minimum absolute atomic E-state index is 0.233. The van der Waals surface area contributed by atoms with Crippen LogP contribution in [0.4, 0.5) is 0 Å². The summed E-state index contributed by atoms with van der Waals surface area (Å²) in [7, 11) is 0. The van der Waals surface area contributed by atoms with Gasteiger partial charge in [-0.25, -0.2) is 14.4 Å². The van der Waals surface area contributed by atoms with Gasteiger partial charge in [-0.1, -0.05) is 95.1 Å². The lowest BCUT2D eigenvalue weighted by Gasteiger charge is -2.08. The monoisotopic (exact) mass is 600 g/mol. The zero-order chi connectivity index (χ0) is 31.4. The van der Waals surface area contributed by atoms with Gasteiger partial charge in [-0.2, -0.15) is 0 Å². The van der Waals surface area contributed by atoms with Crippen molar-refractivity contribution in [1.29, 1.82) is 0 Å². The second-order valence-electron chi connectivity index (χ2n) is 10.8. The lowest BCUT2D eigenvalue weighted by molar-refractivity contribution is -0.137. The quantitative estimate of drug-likeness (QED) is 0.0563. The number of carboxylic acid groups (broad SMARTS) is 1. The summed E-state index contributed by atoms with van der Waals surface area (Å²) in [5.74, 6) is -0.582. The molecule has 0 amide bonds. The van der Waals surface area contributed by atoms with Crippen molar-refractivity contribution < 1.29 is 33.7 Å². The molecule has 0 saturated heterocycles. The Kier molecular flexibility index (Phi) is 15.3. The number of carbonyl (C=O) groups excluding carboxylic acids is 2. The molecule has 44 heavy (non-hydrogen) atoms. The summed E-state index contributed by atoms with van der Waals surface area (Å²) in [5, 5.41) is 9.05. The molecule has 0 aliphatic carbocycles. The van der Waals surface area contributed by atoms with Gasteiger partial charge in [0.2, 0.25) is 0 Å². The second kappa shape index (κ2) is 19.7. The smallest absolute Gasteiger partial charge is 0.343 e. The van der Waals surface area contributed by atoms with E-state index in [9.17, 15) is 14.4 Å². The predicted molar refractivity (Wildman–Crippen MR) is 172 cm³/mol. The number of unbranched alkanes of at least 4 members (excludes halogenated alkanes) is 11. The topological polar surface area (TPSA) is 99.1 Å². The van der Waals surface area contributed by atoms with Gasteiger partial charge >= 0.3 is 17.9 Å². The minimum atomic E-state index is -0.963. The summed E-state index contributed by atoms with van der Waals surface area (Å²) >= 11 is 0. The molecule has 234 valence electrons. The van der Waals surface area contributed by atoms with E-state index >= 15 is 0 Å². The molecule has 0 atom stereocenters. The Morgan fingerprint density at radius 3 is 1.50 bits per heavy atom. The van der Waals surface area contributed by atoms with Crippen molar-refractivity contribution in [3.8, 4) is 22.6 Å². The maximum atomic E-state index is 12.6. The number of hydrogen-bond acceptors (Lipinski definition) is 6. The van der Waals surface area contributed by atoms with Gasteiger partial charge in [-0.05, 0) is 72.5 Å². The molecule has 0 unspecified atom stereocenters. The van der Waals surface area contributed by atoms with Crippen molar-refractivity contribution in [2.75, 3.05) is 13.2 Å². The fourth-order valence-electron chi connectivity index (χ4n) is 4.77. The zero-order valence-electron chi connectivity index (χ0n) is 25.5. The van der Waals surface area contributed by atoms with E-state index in [1.807, 2.05) is 12.1 Å². The maximum absolute atomic E-state index is 12.6. The molecular formula is C37H44O7. The van der Waals surface area contributed by atoms with Crippen LogP contribution in [0.15, 0.2) is 85.5 Å². The molecule has 1 N–H and O–H groups in total. The van der Waals surface area contributed by atoms with Crippen LogP contribution >= 0.6 is 0 Å². The fourth-order valence-corrected chi connectivity index (χ4v) is 4.77. The summed E-state index contributed by atoms with van der Waals surface area (Å²) in [6, 6.07) is 20.7. The van der Waals surface area contributed by atoms with Crippen LogP contribution < -0.4 is 9.47 Å². The molecule has 3 rings (SSSR count). The summed E-state index contributed by atoms with van der Waals surface area (Å²) < 4.78 is 16.3. The van der Waals surface area contributed by atoms with Crippen LogP contribution in [0.25, 0.3) is 11.1 Å². The SMILES string of the molecule is C=CC(=O)OCCCCCCCCCCCCCCOc1ccc(C(=O)Oc2ccc(-c3ccc(C(=O)O)cc3)cc2)cc1. The number of rotatable bonds is 21. The Hall–Kier alpha value is -4.39. The molecule has 0 aliphatic heterocycles. The van der Waals surface area contributed by atoms with Crippen molar-refractivity contribution >= 4 is 17.9 Å². The van der Waals surface area contributed by atoms with Crippen molar-refractivity contribution in [1.82, 2.24) is 0 Å². The summed E-state index contributed by atoms with van der Waals surface area (Å²) in [4.78, 5) is 34.6. The molecule has 0 saturated carbocycles. The van der Waals surface area contributed by atoms with Crippen LogP contribution in [0.2, 0.25) is 0 Å². The number of ether oxygens (including phenoxy) is 3. The highest BCUT2D eigenvalue weighted by Crippen LogP contribution is 2.24. The average molecular weight is 601 g/mol. The summed E-state index contributed by atoms with van der Waals surface area (Å²) in [6.07, 6.45) is 15.4. The molecule has 0 aromatic heterocycles. The van der Waals surface area contributed by atoms with E-state index in [1.165, 1.54) is 57.4 Å². The summed E-state index contributed by atoms with van der Waals surface area (Å²) in [6.45, 7) is 4.54. The molecule has 3 aromatic carbocycles. The van der Waals surface area contributed by atoms with Gasteiger partial charge in [0.1, 0.15) is 11.5 Å². The lowest BCUT2D eigenvalue weighted by atomic mass is 10.0. The van der Waals surface area contributed by atoms with E-state index in [0.29, 0.717) is 24.5 Å². The fraction of sp³-hybridized carbons (Fsp3) is 0.378. The number of hydrogen-bond donors (Lipinski definition) is 1. The second-order valence-corrected chi connectivity index (χ2v) is 10.8. The predicted octanol–water partition coefficient (Wildman–Crippen LogP) is 9.06. The third-order valence-corrected chi connectivity index (χ3v) is 7.34. The Balaban J connectivity index is 1.21. The maximum Gasteiger partial charge on any atom is 0.343 e. The van der Waals surface area contributed by atoms with Gasteiger partial charge in [0, 0.05) is 6.08 Å². The highest BCUT2D eigenvalue weighted by Gasteiger charge is 2.10. The van der Waals surface area contributed by atoms with Crippen molar-refractivity contribution in [3.63, 3.8) is 0 Å². The molecule has 7 nitrogen and oxygen atoms in total. The van der Waals surface area contributed by atoms with E-state index in [4.69, 9.17) is 19.3 Å². The first-order chi connectivity index (χ1) is 21.5. The molecule has 3 aromatic rings. The highest BCUT2D eigenvalue weighted by molar-refractivity contribution is 5.91. The van der Waals surface area contributed by atoms with Crippen LogP contribution in [0.3, 0.4) is 0 Å². The lowest BCUT2D eigenvalue weighted by Crippen LogP contribution is -2.08. The normalized spacial score (nSPS) is 10.6. The van der Waals surface area contributed by atoms with Crippen LogP contribution in [0.5, 0.6) is 11.5 Å². The van der Waals surface area contributed by atoms with E-state index in [2.05, 4.69) is 6.58 Å². The third kappa shape index (κ3) is 12.9. The molecular weight excluding hydrogens is 556 g/mol. The molecule has 0 aliphatic rings. The number of benzene rings is 3. The Labute approximate surface area is 260 Å². The van der Waals surface area contributed by atoms with Gasteiger partial charge in [0.25, 0.3) is 0 Å². The van der Waals surface area contributed by atoms with Crippen LogP contribution in [0.1, 0.15) is 97.8 Å². The first kappa shape index (κ1) is 34.1. The van der Waals surface area contributed by atoms with Crippen LogP contribution in [0, 0.1) is 0 Å². The molecule has 0 bridgehead atoms. The van der Waals surface area contributed by atoms with Crippen molar-refractivity contribution in [2.45, 2.75) is 77.0 Å². The molecule has 0 heterocycles. The van der Waals surface area contributed by atoms with Gasteiger partial charge < -0.3 is 19.3 Å². The first-order valence-corrected chi connectivity index (χ1v) is 15.6. The van der Waals surface area contributed by atoms with Crippen molar-refractivity contribution in [3.05, 3.63) is 96.6 Å². The number of aromatic carboxylic acids is 1. The average Bonchev–Trinajstić information content (AvgIpc) is 3.05. The summed E-state index contributed by atoms with van der Waals surface area (Å²) in [5.41, 5.74) is 2.44. The van der Waals surface area contributed by atoms with E-state index in [0.717, 1.165) is 42.6 Å². The number of carbonyl (C=O) groups is 3. The van der Waals surface area contributed by atoms with E-state index in [1.54, 1.807) is 60.7 Å². The Morgan fingerprint density at radius 1 is 0.568 bits per heavy atom. The first-order valence-electron chi connectivity index (χ1n) is 15.6. The minimum Gasteiger partial charge on any atom is -0.494 e. The van der Waals surface area contributed by atoms with Crippen molar-refractivity contribution in [2.24, 2.45) is 0 Å². The Bertz CT molecular complexity index is 1300. The standard InChI is InChI=1S/C37H44O7/c1-2-35(38)43-28-14-12-10-8-6-4-3-5-7-9-11-13-27-42-33-23-21-32(22-24-33)37(41)44-34-25-19-30(20-26-34)29-15-17-31(18-16-29)36(39)40/h2,15-26H,1,3-14,27-28H2,(H,39,40). The van der Waals surface area contributed by atoms with Gasteiger partial charge in [0.05, 0.1) is 24.3 Å². The van der Waals surface area contributed by atoms with Crippen LogP contribution in [-0.4, -0.2) is 36.2 Å². The zero-order valence-corrected chi connectivity index (χ0v) is 25.5. The van der Waals surface area contributed by atoms with Crippen LogP contribution in [-0.2, 0) is 9.53 Å². The molecule has 7 heteroatoms. The molecule has 0 fully saturated rings. The van der Waals surface area contributed by atoms with Gasteiger partial charge in [-0.15, -0.1) is 0 Å². The van der Waals surface area contributed by atoms with E-state index in [-0.39, 0.29) is 11.5 Å². The molecule has 0 spiro atoms.